The zero-order valence-electron chi connectivity index (χ0n) is 5.74. The molecule has 0 saturated carbocycles. The molecule has 0 saturated heterocycles. The van der Waals surface area contributed by atoms with Gasteiger partial charge in [0.2, 0.25) is 0 Å². The first-order valence-corrected chi connectivity index (χ1v) is 4.07. The van der Waals surface area contributed by atoms with E-state index in [0.29, 0.717) is 0 Å². The van der Waals surface area contributed by atoms with Crippen LogP contribution in [-0.4, -0.2) is 4.98 Å². The average molecular weight is 165 g/mol. The second-order valence-electron chi connectivity index (χ2n) is 2.16. The van der Waals surface area contributed by atoms with Crippen LogP contribution in [0.25, 0.3) is 10.1 Å². The van der Waals surface area contributed by atoms with Crippen LogP contribution < -0.4 is 11.3 Å². The van der Waals surface area contributed by atoms with Crippen molar-refractivity contribution in [3.05, 3.63) is 23.8 Å². The molecule has 0 bridgehead atoms. The standard InChI is InChI=1S/C7H7N3S/c8-10-6-3-9-4-7-5(6)1-2-11-7/h1-4,10H,8H2. The molecule has 2 aromatic rings. The maximum absolute atomic E-state index is 5.29. The molecule has 2 heterocycles. The number of thiophene rings is 1. The van der Waals surface area contributed by atoms with Gasteiger partial charge in [-0.25, -0.2) is 0 Å². The van der Waals surface area contributed by atoms with E-state index < -0.39 is 0 Å². The maximum atomic E-state index is 5.29. The van der Waals surface area contributed by atoms with Crippen LogP contribution in [0.15, 0.2) is 23.8 Å². The Bertz CT molecular complexity index is 368. The molecule has 0 aliphatic carbocycles. The van der Waals surface area contributed by atoms with E-state index in [1.54, 1.807) is 17.5 Å². The summed E-state index contributed by atoms with van der Waals surface area (Å²) in [5.41, 5.74) is 3.48. The Morgan fingerprint density at radius 3 is 3.18 bits per heavy atom. The molecule has 0 atom stereocenters. The number of nitrogens with two attached hydrogens (primary N) is 1. The Morgan fingerprint density at radius 2 is 2.36 bits per heavy atom. The molecule has 0 unspecified atom stereocenters. The highest BCUT2D eigenvalue weighted by Crippen LogP contribution is 2.25. The summed E-state index contributed by atoms with van der Waals surface area (Å²) in [6.45, 7) is 0. The number of hydrogen-bond donors (Lipinski definition) is 2. The van der Waals surface area contributed by atoms with Crippen LogP contribution in [0, 0.1) is 0 Å². The molecule has 0 spiro atoms. The third-order valence-corrected chi connectivity index (χ3v) is 2.39. The van der Waals surface area contributed by atoms with E-state index in [4.69, 9.17) is 5.84 Å². The summed E-state index contributed by atoms with van der Waals surface area (Å²) in [5, 5.41) is 3.15. The number of anilines is 1. The number of aromatic nitrogens is 1. The van der Waals surface area contributed by atoms with Gasteiger partial charge in [-0.3, -0.25) is 10.8 Å². The Balaban J connectivity index is 2.79. The van der Waals surface area contributed by atoms with Crippen molar-refractivity contribution in [3.8, 4) is 0 Å². The average Bonchev–Trinajstić information content (AvgIpc) is 2.50. The van der Waals surface area contributed by atoms with Crippen molar-refractivity contribution in [3.63, 3.8) is 0 Å². The minimum atomic E-state index is 0.878. The molecule has 56 valence electrons. The smallest absolute Gasteiger partial charge is 0.0756 e. The van der Waals surface area contributed by atoms with E-state index in [1.807, 2.05) is 17.6 Å². The highest BCUT2D eigenvalue weighted by molar-refractivity contribution is 7.17. The zero-order valence-corrected chi connectivity index (χ0v) is 6.56. The SMILES string of the molecule is NNc1cncc2sccc12. The summed E-state index contributed by atoms with van der Waals surface area (Å²) in [4.78, 5) is 4.02. The van der Waals surface area contributed by atoms with Crippen molar-refractivity contribution in [2.24, 2.45) is 5.84 Å². The summed E-state index contributed by atoms with van der Waals surface area (Å²) in [7, 11) is 0. The zero-order chi connectivity index (χ0) is 7.68. The van der Waals surface area contributed by atoms with Gasteiger partial charge in [0, 0.05) is 11.6 Å². The van der Waals surface area contributed by atoms with E-state index >= 15 is 0 Å². The second kappa shape index (κ2) is 2.48. The van der Waals surface area contributed by atoms with Gasteiger partial charge in [-0.15, -0.1) is 11.3 Å². The predicted molar refractivity (Wildman–Crippen MR) is 47.4 cm³/mol. The Morgan fingerprint density at radius 1 is 1.45 bits per heavy atom. The number of nitrogens with zero attached hydrogens (tertiary/aromatic N) is 1. The fraction of sp³-hybridized carbons (Fsp3) is 0. The van der Waals surface area contributed by atoms with Crippen LogP contribution in [0.4, 0.5) is 5.69 Å². The molecule has 3 nitrogen and oxygen atoms in total. The van der Waals surface area contributed by atoms with E-state index in [0.717, 1.165) is 15.8 Å². The van der Waals surface area contributed by atoms with Crippen molar-refractivity contribution >= 4 is 27.1 Å². The molecular weight excluding hydrogens is 158 g/mol. The highest BCUT2D eigenvalue weighted by atomic mass is 32.1. The Labute approximate surface area is 67.8 Å². The van der Waals surface area contributed by atoms with Crippen LogP contribution in [0.3, 0.4) is 0 Å². The lowest BCUT2D eigenvalue weighted by Crippen LogP contribution is -2.06. The lowest BCUT2D eigenvalue weighted by Gasteiger charge is -1.98. The van der Waals surface area contributed by atoms with Crippen LogP contribution in [0.2, 0.25) is 0 Å². The first-order chi connectivity index (χ1) is 5.42. The summed E-state index contributed by atoms with van der Waals surface area (Å²) in [6, 6.07) is 2.02. The second-order valence-corrected chi connectivity index (χ2v) is 3.11. The minimum Gasteiger partial charge on any atom is -0.322 e. The van der Waals surface area contributed by atoms with Gasteiger partial charge < -0.3 is 5.43 Å². The van der Waals surface area contributed by atoms with Gasteiger partial charge in [0.1, 0.15) is 0 Å². The molecule has 0 aromatic carbocycles. The van der Waals surface area contributed by atoms with Crippen molar-refractivity contribution in [1.29, 1.82) is 0 Å². The topological polar surface area (TPSA) is 50.9 Å². The molecule has 2 rings (SSSR count). The van der Waals surface area contributed by atoms with E-state index in [9.17, 15) is 0 Å². The van der Waals surface area contributed by atoms with Crippen molar-refractivity contribution < 1.29 is 0 Å². The predicted octanol–water partition coefficient (Wildman–Crippen LogP) is 1.58. The lowest BCUT2D eigenvalue weighted by atomic mass is 10.3. The molecule has 2 aromatic heterocycles. The van der Waals surface area contributed by atoms with Gasteiger partial charge in [0.05, 0.1) is 16.6 Å². The van der Waals surface area contributed by atoms with Gasteiger partial charge in [-0.1, -0.05) is 0 Å². The largest absolute Gasteiger partial charge is 0.322 e. The first kappa shape index (κ1) is 6.57. The van der Waals surface area contributed by atoms with Crippen molar-refractivity contribution in [2.45, 2.75) is 0 Å². The van der Waals surface area contributed by atoms with Gasteiger partial charge in [0.25, 0.3) is 0 Å². The van der Waals surface area contributed by atoms with Crippen molar-refractivity contribution in [2.75, 3.05) is 5.43 Å². The fourth-order valence-electron chi connectivity index (χ4n) is 1.01. The van der Waals surface area contributed by atoms with E-state index in [1.165, 1.54) is 0 Å². The van der Waals surface area contributed by atoms with E-state index in [-0.39, 0.29) is 0 Å². The van der Waals surface area contributed by atoms with Gasteiger partial charge in [0.15, 0.2) is 0 Å². The summed E-state index contributed by atoms with van der Waals surface area (Å²) >= 11 is 1.66. The lowest BCUT2D eigenvalue weighted by molar-refractivity contribution is 1.30. The minimum absolute atomic E-state index is 0.878. The molecule has 0 aliphatic rings. The third-order valence-electron chi connectivity index (χ3n) is 1.54. The summed E-state index contributed by atoms with van der Waals surface area (Å²) < 4.78 is 1.15. The fourth-order valence-corrected chi connectivity index (χ4v) is 1.78. The molecule has 11 heavy (non-hydrogen) atoms. The van der Waals surface area contributed by atoms with Gasteiger partial charge in [-0.2, -0.15) is 0 Å². The number of nitrogen functional groups attached to an aromatic ring is 1. The molecule has 0 radical (unpaired) electrons. The van der Waals surface area contributed by atoms with E-state index in [2.05, 4.69) is 10.4 Å². The van der Waals surface area contributed by atoms with Gasteiger partial charge in [-0.05, 0) is 11.4 Å². The van der Waals surface area contributed by atoms with Crippen LogP contribution in [0.1, 0.15) is 0 Å². The molecule has 0 aliphatic heterocycles. The molecule has 0 amide bonds. The summed E-state index contributed by atoms with van der Waals surface area (Å²) in [5.74, 6) is 5.29. The molecule has 4 heteroatoms. The van der Waals surface area contributed by atoms with Crippen LogP contribution in [-0.2, 0) is 0 Å². The van der Waals surface area contributed by atoms with Crippen LogP contribution in [0.5, 0.6) is 0 Å². The quantitative estimate of drug-likeness (QED) is 0.498. The Hall–Kier alpha value is -1.13. The highest BCUT2D eigenvalue weighted by Gasteiger charge is 1.98. The number of hydrogen-bond acceptors (Lipinski definition) is 4. The monoisotopic (exact) mass is 165 g/mol. The maximum Gasteiger partial charge on any atom is 0.0756 e. The number of hydrazine groups is 1. The van der Waals surface area contributed by atoms with Crippen molar-refractivity contribution in [1.82, 2.24) is 4.98 Å². The van der Waals surface area contributed by atoms with Crippen LogP contribution >= 0.6 is 11.3 Å². The first-order valence-electron chi connectivity index (χ1n) is 3.19. The summed E-state index contributed by atoms with van der Waals surface area (Å²) in [6.07, 6.45) is 3.55. The Kier molecular flexibility index (Phi) is 1.48. The van der Waals surface area contributed by atoms with Gasteiger partial charge >= 0.3 is 0 Å². The number of pyridine rings is 1. The third kappa shape index (κ3) is 0.961. The molecule has 3 N–H and O–H groups in total. The molecule has 0 fully saturated rings. The number of rotatable bonds is 1. The number of fused-ring (bicyclic) bond motifs is 1. The normalized spacial score (nSPS) is 10.3. The molecular formula is C7H7N3S. The number of nitrogens with one attached hydrogen (secondary N) is 1.